The first-order chi connectivity index (χ1) is 8.93. The van der Waals surface area contributed by atoms with Crippen molar-refractivity contribution in [2.45, 2.75) is 84.0 Å². The van der Waals surface area contributed by atoms with Gasteiger partial charge in [0.15, 0.2) is 0 Å². The minimum atomic E-state index is 1.28. The summed E-state index contributed by atoms with van der Waals surface area (Å²) in [7, 11) is 0. The zero-order valence-corrected chi connectivity index (χ0v) is 12.5. The minimum Gasteiger partial charge on any atom is -0.378 e. The number of likely N-dealkylation sites (tertiary alicyclic amines) is 1. The molecule has 0 radical (unpaired) electrons. The molecule has 106 valence electrons. The number of unbranched alkanes of at least 4 members (excludes halogenated alkanes) is 8. The van der Waals surface area contributed by atoms with Crippen molar-refractivity contribution < 1.29 is 0 Å². The second-order valence-corrected chi connectivity index (χ2v) is 5.74. The summed E-state index contributed by atoms with van der Waals surface area (Å²) in [5.41, 5.74) is 0. The molecular weight excluding hydrogens is 218 g/mol. The lowest BCUT2D eigenvalue weighted by molar-refractivity contribution is 0.308. The topological polar surface area (TPSA) is 3.24 Å². The molecule has 0 aliphatic carbocycles. The van der Waals surface area contributed by atoms with E-state index >= 15 is 0 Å². The third-order valence-electron chi connectivity index (χ3n) is 3.93. The molecule has 1 saturated heterocycles. The summed E-state index contributed by atoms with van der Waals surface area (Å²) in [4.78, 5) is 2.49. The number of rotatable bonds is 10. The van der Waals surface area contributed by atoms with Gasteiger partial charge in [-0.2, -0.15) is 0 Å². The second-order valence-electron chi connectivity index (χ2n) is 5.74. The van der Waals surface area contributed by atoms with Gasteiger partial charge < -0.3 is 4.90 Å². The van der Waals surface area contributed by atoms with Gasteiger partial charge in [0.25, 0.3) is 0 Å². The van der Waals surface area contributed by atoms with E-state index in [1.165, 1.54) is 90.1 Å². The van der Waals surface area contributed by atoms with Gasteiger partial charge in [0.05, 0.1) is 0 Å². The van der Waals surface area contributed by atoms with Crippen molar-refractivity contribution in [1.82, 2.24) is 4.90 Å². The maximum Gasteiger partial charge on any atom is 0.0172 e. The summed E-state index contributed by atoms with van der Waals surface area (Å²) in [6.45, 7) is 4.86. The van der Waals surface area contributed by atoms with Gasteiger partial charge in [0.2, 0.25) is 0 Å². The average molecular weight is 251 g/mol. The van der Waals surface area contributed by atoms with Crippen LogP contribution in [-0.2, 0) is 0 Å². The minimum absolute atomic E-state index is 1.28. The molecular formula is C17H33N. The van der Waals surface area contributed by atoms with Gasteiger partial charge in [-0.05, 0) is 38.3 Å². The molecule has 0 amide bonds. The first-order valence-corrected chi connectivity index (χ1v) is 8.34. The average Bonchev–Trinajstić information content (AvgIpc) is 2.42. The van der Waals surface area contributed by atoms with E-state index < -0.39 is 0 Å². The third-order valence-corrected chi connectivity index (χ3v) is 3.93. The Kier molecular flexibility index (Phi) is 10.1. The van der Waals surface area contributed by atoms with Crippen LogP contribution < -0.4 is 0 Å². The Morgan fingerprint density at radius 1 is 0.778 bits per heavy atom. The van der Waals surface area contributed by atoms with Gasteiger partial charge in [0, 0.05) is 13.1 Å². The number of hydrogen-bond acceptors (Lipinski definition) is 1. The molecule has 0 aromatic heterocycles. The largest absolute Gasteiger partial charge is 0.378 e. The summed E-state index contributed by atoms with van der Waals surface area (Å²) >= 11 is 0. The molecule has 0 aromatic carbocycles. The summed E-state index contributed by atoms with van der Waals surface area (Å²) in [6, 6.07) is 0. The van der Waals surface area contributed by atoms with E-state index in [2.05, 4.69) is 24.1 Å². The molecule has 18 heavy (non-hydrogen) atoms. The van der Waals surface area contributed by atoms with E-state index in [4.69, 9.17) is 0 Å². The van der Waals surface area contributed by atoms with E-state index in [0.29, 0.717) is 0 Å². The van der Waals surface area contributed by atoms with Crippen molar-refractivity contribution >= 4 is 0 Å². The highest BCUT2D eigenvalue weighted by molar-refractivity contribution is 4.83. The maximum absolute atomic E-state index is 2.49. The van der Waals surface area contributed by atoms with Crippen molar-refractivity contribution in [3.05, 3.63) is 12.3 Å². The Morgan fingerprint density at radius 2 is 1.39 bits per heavy atom. The molecule has 1 rings (SSSR count). The van der Waals surface area contributed by atoms with Crippen LogP contribution >= 0.6 is 0 Å². The van der Waals surface area contributed by atoms with Crippen molar-refractivity contribution in [1.29, 1.82) is 0 Å². The Hall–Kier alpha value is -0.460. The van der Waals surface area contributed by atoms with Crippen LogP contribution in [0.2, 0.25) is 0 Å². The van der Waals surface area contributed by atoms with Crippen LogP contribution in [-0.4, -0.2) is 18.0 Å². The normalized spacial score (nSPS) is 16.6. The molecule has 0 saturated carbocycles. The highest BCUT2D eigenvalue weighted by Crippen LogP contribution is 2.11. The van der Waals surface area contributed by atoms with Crippen LogP contribution in [0.3, 0.4) is 0 Å². The zero-order valence-electron chi connectivity index (χ0n) is 12.5. The van der Waals surface area contributed by atoms with Gasteiger partial charge in [-0.15, -0.1) is 0 Å². The van der Waals surface area contributed by atoms with E-state index in [-0.39, 0.29) is 0 Å². The predicted molar refractivity (Wildman–Crippen MR) is 81.8 cm³/mol. The van der Waals surface area contributed by atoms with Crippen molar-refractivity contribution in [2.24, 2.45) is 0 Å². The Morgan fingerprint density at radius 3 is 2.06 bits per heavy atom. The van der Waals surface area contributed by atoms with Crippen molar-refractivity contribution in [3.63, 3.8) is 0 Å². The molecule has 0 N–H and O–H groups in total. The Balaban J connectivity index is 1.81. The van der Waals surface area contributed by atoms with Gasteiger partial charge in [-0.1, -0.05) is 57.9 Å². The van der Waals surface area contributed by atoms with Crippen LogP contribution in [0.4, 0.5) is 0 Å². The lowest BCUT2D eigenvalue weighted by Gasteiger charge is -2.24. The molecule has 0 unspecified atom stereocenters. The fourth-order valence-corrected chi connectivity index (χ4v) is 2.69. The maximum atomic E-state index is 2.49. The fourth-order valence-electron chi connectivity index (χ4n) is 2.69. The van der Waals surface area contributed by atoms with Gasteiger partial charge >= 0.3 is 0 Å². The first kappa shape index (κ1) is 15.6. The SMILES string of the molecule is CCCCCCCCCCC=CN1CCCCC1. The summed E-state index contributed by atoms with van der Waals surface area (Å²) in [6.07, 6.45) is 21.6. The summed E-state index contributed by atoms with van der Waals surface area (Å²) < 4.78 is 0. The third kappa shape index (κ3) is 8.60. The standard InChI is InChI=1S/C17H33N/c1-2-3-4-5-6-7-8-9-10-12-15-18-16-13-11-14-17-18/h12,15H,2-11,13-14,16-17H2,1H3. The first-order valence-electron chi connectivity index (χ1n) is 8.34. The fraction of sp³-hybridized carbons (Fsp3) is 0.882. The van der Waals surface area contributed by atoms with E-state index in [0.717, 1.165) is 0 Å². The van der Waals surface area contributed by atoms with E-state index in [1.807, 2.05) is 0 Å². The molecule has 1 aliphatic heterocycles. The molecule has 1 heterocycles. The quantitative estimate of drug-likeness (QED) is 0.462. The molecule has 0 spiro atoms. The van der Waals surface area contributed by atoms with Gasteiger partial charge in [0.1, 0.15) is 0 Å². The molecule has 1 fully saturated rings. The van der Waals surface area contributed by atoms with Crippen molar-refractivity contribution in [3.8, 4) is 0 Å². The summed E-state index contributed by atoms with van der Waals surface area (Å²) in [5.74, 6) is 0. The molecule has 1 aliphatic rings. The highest BCUT2D eigenvalue weighted by Gasteiger charge is 2.04. The van der Waals surface area contributed by atoms with E-state index in [9.17, 15) is 0 Å². The van der Waals surface area contributed by atoms with E-state index in [1.54, 1.807) is 0 Å². The lowest BCUT2D eigenvalue weighted by atomic mass is 10.1. The number of piperidine rings is 1. The highest BCUT2D eigenvalue weighted by atomic mass is 15.1. The monoisotopic (exact) mass is 251 g/mol. The molecule has 1 heteroatoms. The second kappa shape index (κ2) is 11.6. The smallest absolute Gasteiger partial charge is 0.0172 e. The zero-order chi connectivity index (χ0) is 12.9. The molecule has 0 aromatic rings. The van der Waals surface area contributed by atoms with Gasteiger partial charge in [-0.3, -0.25) is 0 Å². The Labute approximate surface area is 115 Å². The van der Waals surface area contributed by atoms with Crippen LogP contribution in [0, 0.1) is 0 Å². The summed E-state index contributed by atoms with van der Waals surface area (Å²) in [5, 5.41) is 0. The number of hydrogen-bond donors (Lipinski definition) is 0. The van der Waals surface area contributed by atoms with Crippen LogP contribution in [0.15, 0.2) is 12.3 Å². The molecule has 1 nitrogen and oxygen atoms in total. The Bertz CT molecular complexity index is 192. The lowest BCUT2D eigenvalue weighted by Crippen LogP contribution is -2.24. The molecule has 0 atom stereocenters. The predicted octanol–water partition coefficient (Wildman–Crippen LogP) is 5.52. The van der Waals surface area contributed by atoms with Crippen LogP contribution in [0.25, 0.3) is 0 Å². The van der Waals surface area contributed by atoms with Crippen molar-refractivity contribution in [2.75, 3.05) is 13.1 Å². The van der Waals surface area contributed by atoms with Crippen LogP contribution in [0.5, 0.6) is 0 Å². The number of nitrogens with zero attached hydrogens (tertiary/aromatic N) is 1. The number of allylic oxidation sites excluding steroid dienone is 1. The van der Waals surface area contributed by atoms with Gasteiger partial charge in [-0.25, -0.2) is 0 Å². The molecule has 0 bridgehead atoms. The van der Waals surface area contributed by atoms with Crippen LogP contribution in [0.1, 0.15) is 84.0 Å².